The van der Waals surface area contributed by atoms with Crippen molar-refractivity contribution >= 4 is 65.6 Å². The molecule has 0 radical (unpaired) electrons. The maximum absolute atomic E-state index is 6.86. The van der Waals surface area contributed by atoms with Crippen molar-refractivity contribution in [3.63, 3.8) is 0 Å². The summed E-state index contributed by atoms with van der Waals surface area (Å²) in [6.45, 7) is 0.649. The Morgan fingerprint density at radius 1 is 0.316 bits per heavy atom. The summed E-state index contributed by atoms with van der Waals surface area (Å²) in [7, 11) is 0. The number of fused-ring (bicyclic) bond motifs is 7. The van der Waals surface area contributed by atoms with Crippen molar-refractivity contribution in [2.75, 3.05) is 4.90 Å². The van der Waals surface area contributed by atoms with E-state index in [-0.39, 0.29) is 0 Å². The third kappa shape index (κ3) is 5.82. The lowest BCUT2D eigenvalue weighted by Gasteiger charge is -2.28. The zero-order valence-electron chi connectivity index (χ0n) is 31.3. The molecule has 0 N–H and O–H groups in total. The van der Waals surface area contributed by atoms with Crippen LogP contribution in [0, 0.1) is 0 Å². The molecule has 11 aromatic rings. The first-order valence-corrected chi connectivity index (χ1v) is 19.6. The summed E-state index contributed by atoms with van der Waals surface area (Å²) in [5.41, 5.74) is 12.4. The first kappa shape index (κ1) is 33.0. The van der Waals surface area contributed by atoms with Crippen LogP contribution in [0.15, 0.2) is 217 Å². The van der Waals surface area contributed by atoms with Crippen LogP contribution in [-0.2, 0) is 6.54 Å². The smallest absolute Gasteiger partial charge is 0.143 e. The molecule has 0 aliphatic heterocycles. The van der Waals surface area contributed by atoms with Crippen LogP contribution < -0.4 is 4.90 Å². The molecule has 0 amide bonds. The Balaban J connectivity index is 1.07. The van der Waals surface area contributed by atoms with E-state index in [2.05, 4.69) is 217 Å². The van der Waals surface area contributed by atoms with Crippen molar-refractivity contribution in [1.82, 2.24) is 0 Å². The highest BCUT2D eigenvalue weighted by molar-refractivity contribution is 6.17. The summed E-state index contributed by atoms with van der Waals surface area (Å²) in [5.74, 6) is 0. The summed E-state index contributed by atoms with van der Waals surface area (Å²) >= 11 is 0. The minimum Gasteiger partial charge on any atom is -0.455 e. The molecule has 0 saturated heterocycles. The second kappa shape index (κ2) is 13.7. The van der Waals surface area contributed by atoms with Gasteiger partial charge in [0.25, 0.3) is 0 Å². The van der Waals surface area contributed by atoms with E-state index in [1.165, 1.54) is 54.7 Å². The number of benzene rings is 10. The van der Waals surface area contributed by atoms with E-state index in [0.717, 1.165) is 49.8 Å². The van der Waals surface area contributed by atoms with Crippen LogP contribution in [0.1, 0.15) is 5.56 Å². The molecule has 0 saturated carbocycles. The Kier molecular flexibility index (Phi) is 7.93. The minimum atomic E-state index is 0.649. The molecule has 10 aromatic carbocycles. The number of nitrogens with zero attached hydrogens (tertiary/aromatic N) is 1. The first-order chi connectivity index (χ1) is 28.2. The molecular weight excluding hydrogens is 691 g/mol. The quantitative estimate of drug-likeness (QED) is 0.163. The summed E-state index contributed by atoms with van der Waals surface area (Å²) in [6.07, 6.45) is 0. The van der Waals surface area contributed by atoms with Crippen molar-refractivity contribution in [3.8, 4) is 33.4 Å². The fraction of sp³-hybridized carbons (Fsp3) is 0.0182. The zero-order chi connectivity index (χ0) is 37.7. The molecule has 268 valence electrons. The van der Waals surface area contributed by atoms with Crippen molar-refractivity contribution in [2.45, 2.75) is 6.54 Å². The maximum atomic E-state index is 6.86. The standard InChI is InChI=1S/C55H37NO/c1-2-16-40-33-42(30-29-37(40)13-1)41-19-9-21-45(34-41)56(46-22-10-20-43(35-46)48-26-11-18-38-14-3-6-23-47(38)48)36-44-17-5-7-24-49(44)51-27-12-28-52-53-32-31-39-15-4-8-25-50(39)54(53)57-55(51)52/h1-35H,36H2. The highest BCUT2D eigenvalue weighted by Crippen LogP contribution is 2.42. The Labute approximate surface area is 331 Å². The van der Waals surface area contributed by atoms with Crippen molar-refractivity contribution < 1.29 is 4.42 Å². The van der Waals surface area contributed by atoms with Crippen LogP contribution in [0.5, 0.6) is 0 Å². The number of rotatable bonds is 7. The molecule has 0 spiro atoms. The second-order valence-electron chi connectivity index (χ2n) is 14.9. The van der Waals surface area contributed by atoms with Gasteiger partial charge in [-0.1, -0.05) is 176 Å². The van der Waals surface area contributed by atoms with Crippen LogP contribution in [0.4, 0.5) is 11.4 Å². The lowest BCUT2D eigenvalue weighted by molar-refractivity contribution is 0.673. The summed E-state index contributed by atoms with van der Waals surface area (Å²) in [6, 6.07) is 76.8. The molecule has 0 atom stereocenters. The number of anilines is 2. The van der Waals surface area contributed by atoms with Crippen LogP contribution in [0.25, 0.3) is 87.6 Å². The highest BCUT2D eigenvalue weighted by atomic mass is 16.3. The molecule has 57 heavy (non-hydrogen) atoms. The van der Waals surface area contributed by atoms with E-state index >= 15 is 0 Å². The van der Waals surface area contributed by atoms with Gasteiger partial charge < -0.3 is 9.32 Å². The zero-order valence-corrected chi connectivity index (χ0v) is 31.3. The molecule has 0 bridgehead atoms. The topological polar surface area (TPSA) is 16.4 Å². The van der Waals surface area contributed by atoms with Gasteiger partial charge in [-0.25, -0.2) is 0 Å². The van der Waals surface area contributed by atoms with Crippen LogP contribution in [0.3, 0.4) is 0 Å². The van der Waals surface area contributed by atoms with E-state index in [1.54, 1.807) is 0 Å². The van der Waals surface area contributed by atoms with Gasteiger partial charge in [-0.2, -0.15) is 0 Å². The van der Waals surface area contributed by atoms with Gasteiger partial charge in [-0.05, 0) is 96.7 Å². The Hall–Kier alpha value is -7.42. The summed E-state index contributed by atoms with van der Waals surface area (Å²) < 4.78 is 6.86. The Morgan fingerprint density at radius 3 is 1.72 bits per heavy atom. The summed E-state index contributed by atoms with van der Waals surface area (Å²) in [4.78, 5) is 2.46. The van der Waals surface area contributed by atoms with Gasteiger partial charge in [-0.15, -0.1) is 0 Å². The van der Waals surface area contributed by atoms with Gasteiger partial charge in [0.15, 0.2) is 0 Å². The van der Waals surface area contributed by atoms with E-state index in [1.807, 2.05) is 0 Å². The molecule has 1 aromatic heterocycles. The second-order valence-corrected chi connectivity index (χ2v) is 14.9. The molecule has 0 unspecified atom stereocenters. The average Bonchev–Trinajstić information content (AvgIpc) is 3.68. The van der Waals surface area contributed by atoms with E-state index in [4.69, 9.17) is 4.42 Å². The summed E-state index contributed by atoms with van der Waals surface area (Å²) in [5, 5.41) is 9.55. The molecule has 11 rings (SSSR count). The van der Waals surface area contributed by atoms with Gasteiger partial charge in [0, 0.05) is 39.6 Å². The average molecular weight is 728 g/mol. The minimum absolute atomic E-state index is 0.649. The van der Waals surface area contributed by atoms with E-state index in [9.17, 15) is 0 Å². The van der Waals surface area contributed by atoms with Gasteiger partial charge >= 0.3 is 0 Å². The van der Waals surface area contributed by atoms with Crippen molar-refractivity contribution in [1.29, 1.82) is 0 Å². The fourth-order valence-corrected chi connectivity index (χ4v) is 8.70. The fourth-order valence-electron chi connectivity index (χ4n) is 8.70. The largest absolute Gasteiger partial charge is 0.455 e. The monoisotopic (exact) mass is 727 g/mol. The lowest BCUT2D eigenvalue weighted by Crippen LogP contribution is -2.17. The molecular formula is C55H37NO. The van der Waals surface area contributed by atoms with E-state index in [0.29, 0.717) is 6.54 Å². The third-order valence-electron chi connectivity index (χ3n) is 11.5. The predicted molar refractivity (Wildman–Crippen MR) is 241 cm³/mol. The van der Waals surface area contributed by atoms with Crippen LogP contribution >= 0.6 is 0 Å². The first-order valence-electron chi connectivity index (χ1n) is 19.6. The number of furan rings is 1. The Bertz CT molecular complexity index is 3290. The number of hydrogen-bond donors (Lipinski definition) is 0. The van der Waals surface area contributed by atoms with Crippen LogP contribution in [-0.4, -0.2) is 0 Å². The van der Waals surface area contributed by atoms with Gasteiger partial charge in [0.05, 0.1) is 0 Å². The van der Waals surface area contributed by atoms with Gasteiger partial charge in [0.1, 0.15) is 11.2 Å². The van der Waals surface area contributed by atoms with Crippen molar-refractivity contribution in [2.24, 2.45) is 0 Å². The van der Waals surface area contributed by atoms with Gasteiger partial charge in [-0.3, -0.25) is 0 Å². The van der Waals surface area contributed by atoms with Gasteiger partial charge in [0.2, 0.25) is 0 Å². The third-order valence-corrected chi connectivity index (χ3v) is 11.5. The molecule has 2 heteroatoms. The molecule has 0 fully saturated rings. The van der Waals surface area contributed by atoms with E-state index < -0.39 is 0 Å². The van der Waals surface area contributed by atoms with Crippen LogP contribution in [0.2, 0.25) is 0 Å². The molecule has 2 nitrogen and oxygen atoms in total. The molecule has 0 aliphatic rings. The Morgan fingerprint density at radius 2 is 0.860 bits per heavy atom. The predicted octanol–water partition coefficient (Wildman–Crippen LogP) is 15.4. The number of para-hydroxylation sites is 1. The number of hydrogen-bond acceptors (Lipinski definition) is 2. The lowest BCUT2D eigenvalue weighted by atomic mass is 9.96. The highest BCUT2D eigenvalue weighted by Gasteiger charge is 2.19. The maximum Gasteiger partial charge on any atom is 0.143 e. The molecule has 0 aliphatic carbocycles. The van der Waals surface area contributed by atoms with Crippen molar-refractivity contribution in [3.05, 3.63) is 218 Å². The normalized spacial score (nSPS) is 11.6. The molecule has 1 heterocycles. The SMILES string of the molecule is c1cc(-c2ccc3ccccc3c2)cc(N(Cc2ccccc2-c2cccc3c2oc2c4ccccc4ccc32)c2cccc(-c3cccc4ccccc34)c2)c1.